The van der Waals surface area contributed by atoms with Crippen molar-refractivity contribution in [3.63, 3.8) is 0 Å². The minimum Gasteiger partial charge on any atom is -0.735 e. The fraction of sp³-hybridized carbons (Fsp3) is 0.933. The van der Waals surface area contributed by atoms with Crippen molar-refractivity contribution in [1.29, 1.82) is 0 Å². The Bertz CT molecular complexity index is 1190. The van der Waals surface area contributed by atoms with Gasteiger partial charge in [0.15, 0.2) is 29.0 Å². The van der Waals surface area contributed by atoms with Gasteiger partial charge in [-0.1, -0.05) is 0 Å². The number of nitrogens with one attached hydrogen (secondary N) is 1. The van der Waals surface area contributed by atoms with Gasteiger partial charge in [-0.3, -0.25) is 8.37 Å². The van der Waals surface area contributed by atoms with E-state index in [0.29, 0.717) is 0 Å². The van der Waals surface area contributed by atoms with Crippen LogP contribution < -0.4 is 128 Å². The fourth-order valence-corrected chi connectivity index (χ4v) is 4.93. The van der Waals surface area contributed by atoms with Crippen LogP contribution in [0.3, 0.4) is 0 Å². The summed E-state index contributed by atoms with van der Waals surface area (Å²) in [5.41, 5.74) is 0. The van der Waals surface area contributed by atoms with E-state index in [9.17, 15) is 64.1 Å². The third kappa shape index (κ3) is 16.4. The van der Waals surface area contributed by atoms with Crippen molar-refractivity contribution in [3.05, 3.63) is 0 Å². The van der Waals surface area contributed by atoms with E-state index in [1.165, 1.54) is 18.6 Å². The van der Waals surface area contributed by atoms with Crippen LogP contribution in [-0.4, -0.2) is 134 Å². The van der Waals surface area contributed by atoms with Crippen LogP contribution in [0.5, 0.6) is 0 Å². The van der Waals surface area contributed by atoms with Crippen molar-refractivity contribution in [2.24, 2.45) is 0 Å². The number of carbonyl (C=O) groups excluding carboxylic acids is 1. The zero-order chi connectivity index (χ0) is 30.1. The van der Waals surface area contributed by atoms with E-state index in [1.807, 2.05) is 0 Å². The first-order valence-electron chi connectivity index (χ1n) is 10.4. The first-order valence-corrected chi connectivity index (χ1v) is 14.5. The molecule has 0 saturated carbocycles. The Morgan fingerprint density at radius 1 is 0.837 bits per heavy atom. The number of carbonyl (C=O) groups is 1. The van der Waals surface area contributed by atoms with Crippen molar-refractivity contribution < 1.29 is 210 Å². The molecule has 0 bridgehead atoms. The number of hydrogen-bond acceptors (Lipinski definition) is 20. The summed E-state index contributed by atoms with van der Waals surface area (Å²) >= 11 is 0. The molecule has 0 spiro atoms. The van der Waals surface area contributed by atoms with Crippen LogP contribution in [0.15, 0.2) is 0 Å². The molecular formula is C15H23NNa4O20S3. The first-order chi connectivity index (χ1) is 17.6. The average molecular weight is 725 g/mol. The second-order valence-electron chi connectivity index (χ2n) is 8.30. The van der Waals surface area contributed by atoms with Gasteiger partial charge in [0.2, 0.25) is 20.8 Å². The summed E-state index contributed by atoms with van der Waals surface area (Å²) in [5.74, 6) is -2.16. The Morgan fingerprint density at radius 3 is 1.79 bits per heavy atom. The Balaban J connectivity index is -0.00000400. The molecule has 0 aromatic heterocycles. The van der Waals surface area contributed by atoms with Gasteiger partial charge in [-0.25, -0.2) is 30.0 Å². The van der Waals surface area contributed by atoms with Gasteiger partial charge < -0.3 is 57.8 Å². The summed E-state index contributed by atoms with van der Waals surface area (Å²) < 4.78 is 130. The molecule has 230 valence electrons. The molecule has 43 heavy (non-hydrogen) atoms. The molecule has 0 amide bonds. The van der Waals surface area contributed by atoms with Crippen LogP contribution in [0.2, 0.25) is 0 Å². The van der Waals surface area contributed by atoms with Gasteiger partial charge in [-0.2, -0.15) is 0 Å². The Morgan fingerprint density at radius 2 is 1.37 bits per heavy atom. The minimum absolute atomic E-state index is 0. The molecule has 2 saturated heterocycles. The number of rotatable bonds is 12. The van der Waals surface area contributed by atoms with Crippen molar-refractivity contribution in [3.8, 4) is 0 Å². The number of aliphatic carboxylic acids is 1. The Hall–Kier alpha value is 2.80. The molecule has 2 aliphatic heterocycles. The van der Waals surface area contributed by atoms with Crippen molar-refractivity contribution in [2.45, 2.75) is 81.3 Å². The first kappa shape index (κ1) is 50.2. The van der Waals surface area contributed by atoms with E-state index >= 15 is 0 Å². The van der Waals surface area contributed by atoms with Crippen LogP contribution in [0.25, 0.3) is 0 Å². The minimum atomic E-state index is -5.63. The van der Waals surface area contributed by atoms with Gasteiger partial charge in [0.1, 0.15) is 42.7 Å². The van der Waals surface area contributed by atoms with E-state index < -0.39 is 111 Å². The molecule has 2 fully saturated rings. The molecule has 0 aromatic carbocycles. The molecule has 28 heteroatoms. The Labute approximate surface area is 334 Å². The molecule has 2 rings (SSSR count). The molecule has 2 heterocycles. The third-order valence-electron chi connectivity index (χ3n) is 5.04. The third-order valence-corrected chi connectivity index (χ3v) is 6.48. The number of aliphatic hydroxyl groups excluding tert-OH is 3. The summed E-state index contributed by atoms with van der Waals surface area (Å²) in [4.78, 5) is 11.8. The molecule has 10 atom stereocenters. The summed E-state index contributed by atoms with van der Waals surface area (Å²) in [6.07, 6.45) is -21.7. The predicted molar refractivity (Wildman–Crippen MR) is 108 cm³/mol. The number of aliphatic hydroxyl groups is 3. The van der Waals surface area contributed by atoms with E-state index in [2.05, 4.69) is 8.37 Å². The van der Waals surface area contributed by atoms with Crippen molar-refractivity contribution >= 4 is 37.1 Å². The summed E-state index contributed by atoms with van der Waals surface area (Å²) in [6.45, 7) is 1.40. The van der Waals surface area contributed by atoms with Gasteiger partial charge in [-0.05, 0) is 13.8 Å². The topological polar surface area (TPSA) is 340 Å². The van der Waals surface area contributed by atoms with Gasteiger partial charge in [-0.15, -0.1) is 0 Å². The normalized spacial score (nSPS) is 33.2. The summed E-state index contributed by atoms with van der Waals surface area (Å²) in [5, 5.41) is 43.0. The number of carboxylic acids is 1. The van der Waals surface area contributed by atoms with Gasteiger partial charge in [0, 0.05) is 0 Å². The average Bonchev–Trinajstić information content (AvgIpc) is 2.73. The van der Waals surface area contributed by atoms with E-state index in [0.717, 1.165) is 0 Å². The molecule has 0 radical (unpaired) electrons. The maximum atomic E-state index is 11.8. The van der Waals surface area contributed by atoms with Crippen molar-refractivity contribution in [1.82, 2.24) is 4.72 Å². The maximum absolute atomic E-state index is 11.8. The van der Waals surface area contributed by atoms with E-state index in [1.54, 1.807) is 0 Å². The molecule has 4 N–H and O–H groups in total. The van der Waals surface area contributed by atoms with Gasteiger partial charge in [0.05, 0.1) is 18.7 Å². The molecular weight excluding hydrogens is 702 g/mol. The number of carboxylic acid groups (broad SMARTS) is 1. The standard InChI is InChI=1S/C15H27NO20S3.4Na/c1-4(2)32-15-11(36-39(28,29)30)9(19)10(12(35-15)13(20)21)34-14-6(16-37(22,23)24)8(18)7(17)5(33-14)3-31-38(25,26)27;;;;/h4-12,14-19H,3H2,1-2H3,(H,20,21)(H,22,23,24)(H,25,26,27)(H,28,29,30);;;;/q;4*+1/p-4/t5-,6-,7-,8-,9+,10+,11-,12-,14-,15-;;;;/m1..../s1. The second-order valence-corrected chi connectivity index (χ2v) is 11.5. The zero-order valence-electron chi connectivity index (χ0n) is 23.6. The second kappa shape index (κ2) is 20.5. The van der Waals surface area contributed by atoms with Crippen LogP contribution in [0.1, 0.15) is 13.8 Å². The van der Waals surface area contributed by atoms with Gasteiger partial charge >= 0.3 is 118 Å². The number of hydrogen-bond donors (Lipinski definition) is 4. The van der Waals surface area contributed by atoms with Crippen LogP contribution in [0.4, 0.5) is 0 Å². The van der Waals surface area contributed by atoms with Crippen LogP contribution in [0, 0.1) is 0 Å². The number of ether oxygens (including phenoxy) is 4. The smallest absolute Gasteiger partial charge is 0.735 e. The SMILES string of the molecule is CC(C)O[C@@H]1O[C@@H](C(=O)[O-])[C@@H](O[C@H]2O[C@H](COS(=O)(=O)[O-])[C@@H](O)[C@H](O)[C@H]2NS(=O)(=O)[O-])[C@H](O)[C@H]1OS(=O)(=O)[O-].[Na+].[Na+].[Na+].[Na+]. The molecule has 21 nitrogen and oxygen atoms in total. The quantitative estimate of drug-likeness (QED) is 0.0824. The van der Waals surface area contributed by atoms with Crippen LogP contribution >= 0.6 is 0 Å². The predicted octanol–water partition coefficient (Wildman–Crippen LogP) is -19.2. The summed E-state index contributed by atoms with van der Waals surface area (Å²) in [6, 6.07) is -2.32. The molecule has 0 unspecified atom stereocenters. The molecule has 2 aliphatic rings. The van der Waals surface area contributed by atoms with E-state index in [4.69, 9.17) is 18.9 Å². The molecule has 0 aromatic rings. The van der Waals surface area contributed by atoms with Crippen molar-refractivity contribution in [2.75, 3.05) is 6.61 Å². The van der Waals surface area contributed by atoms with E-state index in [-0.39, 0.29) is 118 Å². The summed E-state index contributed by atoms with van der Waals surface area (Å²) in [7, 11) is -16.5. The maximum Gasteiger partial charge on any atom is 1.00 e. The zero-order valence-corrected chi connectivity index (χ0v) is 34.0. The fourth-order valence-electron chi connectivity index (χ4n) is 3.57. The monoisotopic (exact) mass is 725 g/mol. The largest absolute Gasteiger partial charge is 1.00 e. The molecule has 0 aliphatic carbocycles. The Kier molecular flexibility index (Phi) is 23.9. The van der Waals surface area contributed by atoms with Gasteiger partial charge in [0.25, 0.3) is 0 Å². The van der Waals surface area contributed by atoms with Crippen LogP contribution in [-0.2, 0) is 63.2 Å².